The van der Waals surface area contributed by atoms with E-state index in [1.54, 1.807) is 0 Å². The van der Waals surface area contributed by atoms with E-state index in [0.29, 0.717) is 13.1 Å². The summed E-state index contributed by atoms with van der Waals surface area (Å²) in [5, 5.41) is 11.6. The Balaban J connectivity index is 1.79. The summed E-state index contributed by atoms with van der Waals surface area (Å²) in [7, 11) is 0. The average molecular weight is 317 g/mol. The fraction of sp³-hybridized carbons (Fsp3) is 0.190. The first-order valence-electron chi connectivity index (χ1n) is 8.26. The summed E-state index contributed by atoms with van der Waals surface area (Å²) >= 11 is 0. The number of nitrogens with zero attached hydrogens (tertiary/aromatic N) is 2. The zero-order valence-electron chi connectivity index (χ0n) is 13.8. The van der Waals surface area contributed by atoms with Gasteiger partial charge >= 0.3 is 0 Å². The number of fused-ring (bicyclic) bond motifs is 1. The van der Waals surface area contributed by atoms with Gasteiger partial charge in [0.05, 0.1) is 6.20 Å². The molecule has 4 rings (SSSR count). The largest absolute Gasteiger partial charge is 0.346 e. The lowest BCUT2D eigenvalue weighted by Crippen LogP contribution is -2.45. The monoisotopic (exact) mass is 317 g/mol. The van der Waals surface area contributed by atoms with Crippen LogP contribution in [0.4, 0.5) is 5.82 Å². The molecule has 0 aliphatic carbocycles. The number of rotatable bonds is 3. The highest BCUT2D eigenvalue weighted by Gasteiger charge is 2.51. The fourth-order valence-electron chi connectivity index (χ4n) is 3.40. The normalized spacial score (nSPS) is 19.3. The number of aliphatic hydroxyl groups is 1. The minimum Gasteiger partial charge on any atom is -0.346 e. The standard InChI is InChI=1S/C21H21N2O/c1-17-10-12-19(13-11-17)21(24)16-22-14-6-5-9-20(22)23(21)15-18-7-3-2-4-8-18/h2-14,24H,15-16H2,1H3/q+1/t21-/m0/s1. The van der Waals surface area contributed by atoms with Crippen molar-refractivity contribution in [3.05, 3.63) is 95.7 Å². The van der Waals surface area contributed by atoms with Crippen molar-refractivity contribution in [1.82, 2.24) is 0 Å². The van der Waals surface area contributed by atoms with E-state index in [0.717, 1.165) is 11.4 Å². The molecule has 1 N–H and O–H groups in total. The highest BCUT2D eigenvalue weighted by Crippen LogP contribution is 2.36. The van der Waals surface area contributed by atoms with Gasteiger partial charge in [0.1, 0.15) is 6.54 Å². The fourth-order valence-corrected chi connectivity index (χ4v) is 3.40. The van der Waals surface area contributed by atoms with Gasteiger partial charge in [-0.05, 0) is 18.6 Å². The number of benzene rings is 2. The van der Waals surface area contributed by atoms with E-state index in [2.05, 4.69) is 46.7 Å². The van der Waals surface area contributed by atoms with E-state index in [1.165, 1.54) is 11.1 Å². The molecule has 1 aliphatic rings. The molecule has 3 heteroatoms. The lowest BCUT2D eigenvalue weighted by molar-refractivity contribution is -0.683. The molecule has 1 aromatic heterocycles. The van der Waals surface area contributed by atoms with Gasteiger partial charge in [-0.2, -0.15) is 0 Å². The third kappa shape index (κ3) is 2.47. The van der Waals surface area contributed by atoms with Gasteiger partial charge in [0.15, 0.2) is 6.54 Å². The van der Waals surface area contributed by atoms with Gasteiger partial charge in [0.2, 0.25) is 0 Å². The molecule has 0 bridgehead atoms. The highest BCUT2D eigenvalue weighted by atomic mass is 16.3. The predicted octanol–water partition coefficient (Wildman–Crippen LogP) is 3.15. The van der Waals surface area contributed by atoms with E-state index < -0.39 is 5.72 Å². The van der Waals surface area contributed by atoms with Crippen LogP contribution in [0.25, 0.3) is 0 Å². The molecule has 3 aromatic rings. The molecule has 0 radical (unpaired) electrons. The van der Waals surface area contributed by atoms with Gasteiger partial charge in [0.25, 0.3) is 11.5 Å². The molecule has 120 valence electrons. The molecule has 3 nitrogen and oxygen atoms in total. The van der Waals surface area contributed by atoms with Gasteiger partial charge in [-0.3, -0.25) is 0 Å². The Hall–Kier alpha value is -2.65. The molecule has 1 atom stereocenters. The summed E-state index contributed by atoms with van der Waals surface area (Å²) in [6.07, 6.45) is 2.03. The molecule has 0 fully saturated rings. The van der Waals surface area contributed by atoms with E-state index in [9.17, 15) is 5.11 Å². The lowest BCUT2D eigenvalue weighted by atomic mass is 10.00. The van der Waals surface area contributed by atoms with Gasteiger partial charge in [-0.1, -0.05) is 66.2 Å². The maximum atomic E-state index is 11.6. The number of hydrogen-bond donors (Lipinski definition) is 1. The SMILES string of the molecule is Cc1ccc([C@@]2(O)C[n+]3ccccc3N2Cc2ccccc2)cc1. The Bertz CT molecular complexity index is 845. The maximum Gasteiger partial charge on any atom is 0.279 e. The summed E-state index contributed by atoms with van der Waals surface area (Å²) in [5.74, 6) is 1.03. The van der Waals surface area contributed by atoms with Crippen molar-refractivity contribution in [3.63, 3.8) is 0 Å². The first-order chi connectivity index (χ1) is 11.7. The summed E-state index contributed by atoms with van der Waals surface area (Å²) in [6, 6.07) is 24.5. The average Bonchev–Trinajstić information content (AvgIpc) is 2.90. The number of hydrogen-bond acceptors (Lipinski definition) is 2. The van der Waals surface area contributed by atoms with Crippen LogP contribution in [0, 0.1) is 6.92 Å². The molecule has 0 saturated heterocycles. The lowest BCUT2D eigenvalue weighted by Gasteiger charge is -2.27. The summed E-state index contributed by atoms with van der Waals surface area (Å²) in [6.45, 7) is 3.25. The Morgan fingerprint density at radius 3 is 2.42 bits per heavy atom. The van der Waals surface area contributed by atoms with Crippen molar-refractivity contribution >= 4 is 5.82 Å². The highest BCUT2D eigenvalue weighted by molar-refractivity contribution is 5.44. The van der Waals surface area contributed by atoms with Gasteiger partial charge < -0.3 is 5.11 Å². The molecule has 0 saturated carbocycles. The first-order valence-corrected chi connectivity index (χ1v) is 8.26. The maximum absolute atomic E-state index is 11.6. The van der Waals surface area contributed by atoms with E-state index >= 15 is 0 Å². The molecular weight excluding hydrogens is 296 g/mol. The molecular formula is C21H21N2O+. The number of aromatic nitrogens is 1. The molecule has 1 aliphatic heterocycles. The second-order valence-corrected chi connectivity index (χ2v) is 6.44. The summed E-state index contributed by atoms with van der Waals surface area (Å²) in [4.78, 5) is 2.09. The zero-order chi connectivity index (χ0) is 16.6. The van der Waals surface area contributed by atoms with Crippen LogP contribution in [0.5, 0.6) is 0 Å². The number of aryl methyl sites for hydroxylation is 1. The molecule has 0 spiro atoms. The Morgan fingerprint density at radius 1 is 0.958 bits per heavy atom. The van der Waals surface area contributed by atoms with Crippen LogP contribution in [-0.2, 0) is 18.8 Å². The number of anilines is 1. The quantitative estimate of drug-likeness (QED) is 0.752. The third-order valence-corrected chi connectivity index (χ3v) is 4.73. The second-order valence-electron chi connectivity index (χ2n) is 6.44. The van der Waals surface area contributed by atoms with Crippen molar-refractivity contribution in [3.8, 4) is 0 Å². The van der Waals surface area contributed by atoms with Crippen LogP contribution in [0.3, 0.4) is 0 Å². The smallest absolute Gasteiger partial charge is 0.279 e. The Labute approximate surface area is 142 Å². The van der Waals surface area contributed by atoms with Crippen molar-refractivity contribution in [2.45, 2.75) is 25.7 Å². The molecule has 0 amide bonds. The van der Waals surface area contributed by atoms with Crippen LogP contribution in [0.15, 0.2) is 79.0 Å². The van der Waals surface area contributed by atoms with Gasteiger partial charge in [-0.25, -0.2) is 9.47 Å². The van der Waals surface area contributed by atoms with E-state index in [-0.39, 0.29) is 0 Å². The summed E-state index contributed by atoms with van der Waals surface area (Å²) in [5.41, 5.74) is 2.26. The van der Waals surface area contributed by atoms with Crippen LogP contribution in [0.2, 0.25) is 0 Å². The van der Waals surface area contributed by atoms with Crippen molar-refractivity contribution in [2.75, 3.05) is 4.90 Å². The van der Waals surface area contributed by atoms with E-state index in [1.807, 2.05) is 48.7 Å². The van der Waals surface area contributed by atoms with Gasteiger partial charge in [-0.15, -0.1) is 0 Å². The van der Waals surface area contributed by atoms with Crippen molar-refractivity contribution < 1.29 is 9.67 Å². The minimum absolute atomic E-state index is 0.527. The Kier molecular flexibility index (Phi) is 3.58. The molecule has 2 heterocycles. The van der Waals surface area contributed by atoms with Crippen molar-refractivity contribution in [2.24, 2.45) is 0 Å². The van der Waals surface area contributed by atoms with Crippen LogP contribution in [-0.4, -0.2) is 5.11 Å². The molecule has 24 heavy (non-hydrogen) atoms. The van der Waals surface area contributed by atoms with Crippen LogP contribution < -0.4 is 9.47 Å². The summed E-state index contributed by atoms with van der Waals surface area (Å²) < 4.78 is 2.11. The topological polar surface area (TPSA) is 27.4 Å². The predicted molar refractivity (Wildman–Crippen MR) is 94.3 cm³/mol. The molecule has 2 aromatic carbocycles. The van der Waals surface area contributed by atoms with E-state index in [4.69, 9.17) is 0 Å². The number of pyridine rings is 1. The van der Waals surface area contributed by atoms with Gasteiger partial charge in [0, 0.05) is 11.6 Å². The minimum atomic E-state index is -1.04. The first kappa shape index (κ1) is 14.9. The Morgan fingerprint density at radius 2 is 1.67 bits per heavy atom. The second kappa shape index (κ2) is 5.77. The van der Waals surface area contributed by atoms with Crippen LogP contribution >= 0.6 is 0 Å². The zero-order valence-corrected chi connectivity index (χ0v) is 13.8. The third-order valence-electron chi connectivity index (χ3n) is 4.73. The molecule has 0 unspecified atom stereocenters. The van der Waals surface area contributed by atoms with Crippen molar-refractivity contribution in [1.29, 1.82) is 0 Å². The van der Waals surface area contributed by atoms with Crippen LogP contribution in [0.1, 0.15) is 16.7 Å².